The first-order valence-electron chi connectivity index (χ1n) is 8.50. The molecule has 1 aliphatic heterocycles. The molecule has 0 unspecified atom stereocenters. The molecule has 1 N–H and O–H groups in total. The van der Waals surface area contributed by atoms with Crippen LogP contribution in [0.25, 0.3) is 0 Å². The molecular weight excluding hydrogens is 340 g/mol. The third-order valence-corrected chi connectivity index (χ3v) is 5.63. The molecule has 0 aliphatic carbocycles. The Morgan fingerprint density at radius 3 is 2.08 bits per heavy atom. The maximum atomic E-state index is 13.4. The molecule has 1 atom stereocenters. The van der Waals surface area contributed by atoms with E-state index in [9.17, 15) is 4.79 Å². The second kappa shape index (κ2) is 7.18. The summed E-state index contributed by atoms with van der Waals surface area (Å²) in [6.07, 6.45) is 0.704. The normalized spacial score (nSPS) is 18.8. The van der Waals surface area contributed by atoms with E-state index >= 15 is 0 Å². The highest BCUT2D eigenvalue weighted by Crippen LogP contribution is 2.42. The van der Waals surface area contributed by atoms with Crippen LogP contribution >= 0.6 is 11.8 Å². The van der Waals surface area contributed by atoms with E-state index in [1.165, 1.54) is 17.3 Å². The van der Waals surface area contributed by atoms with Gasteiger partial charge in [-0.15, -0.1) is 0 Å². The topological polar surface area (TPSA) is 41.5 Å². The smallest absolute Gasteiger partial charge is 0.205 e. The Hall–Kier alpha value is -2.85. The minimum atomic E-state index is -0.924. The SMILES string of the molecule is O=C(c1ccccc1)[C@@]1(c2ccccc2)NN=C(Cc2ccccc2)S1. The average Bonchev–Trinajstić information content (AvgIpc) is 3.14. The van der Waals surface area contributed by atoms with E-state index in [4.69, 9.17) is 0 Å². The van der Waals surface area contributed by atoms with Crippen LogP contribution in [0.3, 0.4) is 0 Å². The summed E-state index contributed by atoms with van der Waals surface area (Å²) >= 11 is 1.50. The van der Waals surface area contributed by atoms with Crippen molar-refractivity contribution < 1.29 is 4.79 Å². The lowest BCUT2D eigenvalue weighted by atomic mass is 9.97. The van der Waals surface area contributed by atoms with Crippen LogP contribution in [0.1, 0.15) is 21.5 Å². The molecule has 0 spiro atoms. The molecule has 1 aliphatic rings. The second-order valence-electron chi connectivity index (χ2n) is 6.12. The first-order valence-corrected chi connectivity index (χ1v) is 9.32. The number of nitrogens with zero attached hydrogens (tertiary/aromatic N) is 1. The molecule has 0 fully saturated rings. The number of hydrazone groups is 1. The van der Waals surface area contributed by atoms with E-state index < -0.39 is 4.87 Å². The maximum Gasteiger partial charge on any atom is 0.205 e. The van der Waals surface area contributed by atoms with E-state index in [0.29, 0.717) is 12.0 Å². The van der Waals surface area contributed by atoms with Gasteiger partial charge >= 0.3 is 0 Å². The molecule has 128 valence electrons. The lowest BCUT2D eigenvalue weighted by molar-refractivity contribution is 0.0925. The van der Waals surface area contributed by atoms with Crippen LogP contribution in [0.4, 0.5) is 0 Å². The number of ketones is 1. The summed E-state index contributed by atoms with van der Waals surface area (Å²) in [5, 5.41) is 5.42. The Morgan fingerprint density at radius 2 is 1.42 bits per heavy atom. The van der Waals surface area contributed by atoms with Crippen molar-refractivity contribution in [3.63, 3.8) is 0 Å². The summed E-state index contributed by atoms with van der Waals surface area (Å²) < 4.78 is 0. The molecule has 4 rings (SSSR count). The highest BCUT2D eigenvalue weighted by Gasteiger charge is 2.46. The van der Waals surface area contributed by atoms with Crippen LogP contribution < -0.4 is 5.43 Å². The minimum Gasteiger partial charge on any atom is -0.290 e. The zero-order valence-electron chi connectivity index (χ0n) is 14.1. The average molecular weight is 358 g/mol. The Bertz CT molecular complexity index is 926. The van der Waals surface area contributed by atoms with E-state index in [1.54, 1.807) is 0 Å². The molecule has 26 heavy (non-hydrogen) atoms. The maximum absolute atomic E-state index is 13.4. The lowest BCUT2D eigenvalue weighted by Crippen LogP contribution is -2.41. The molecule has 0 amide bonds. The van der Waals surface area contributed by atoms with Gasteiger partial charge in [-0.25, -0.2) is 0 Å². The second-order valence-corrected chi connectivity index (χ2v) is 7.41. The van der Waals surface area contributed by atoms with Gasteiger partial charge in [-0.05, 0) is 11.1 Å². The summed E-state index contributed by atoms with van der Waals surface area (Å²) in [7, 11) is 0. The number of nitrogens with one attached hydrogen (secondary N) is 1. The van der Waals surface area contributed by atoms with E-state index in [1.807, 2.05) is 78.9 Å². The van der Waals surface area contributed by atoms with Crippen LogP contribution in [0.2, 0.25) is 0 Å². The fourth-order valence-electron chi connectivity index (χ4n) is 3.03. The first kappa shape index (κ1) is 16.6. The predicted octanol–water partition coefficient (Wildman–Crippen LogP) is 4.61. The van der Waals surface area contributed by atoms with Crippen LogP contribution in [0.5, 0.6) is 0 Å². The Kier molecular flexibility index (Phi) is 4.59. The van der Waals surface area contributed by atoms with Crippen molar-refractivity contribution >= 4 is 22.6 Å². The van der Waals surface area contributed by atoms with Crippen molar-refractivity contribution in [3.05, 3.63) is 108 Å². The zero-order valence-corrected chi connectivity index (χ0v) is 14.9. The molecule has 3 aromatic rings. The Labute approximate surface area is 157 Å². The summed E-state index contributed by atoms with van der Waals surface area (Å²) in [5.41, 5.74) is 5.92. The van der Waals surface area contributed by atoms with Gasteiger partial charge < -0.3 is 0 Å². The summed E-state index contributed by atoms with van der Waals surface area (Å²) in [5.74, 6) is 0.0149. The van der Waals surface area contributed by atoms with Crippen molar-refractivity contribution in [2.45, 2.75) is 11.3 Å². The molecule has 0 saturated carbocycles. The molecule has 1 heterocycles. The molecule has 0 radical (unpaired) electrons. The van der Waals surface area contributed by atoms with Gasteiger partial charge in [0.1, 0.15) is 5.04 Å². The minimum absolute atomic E-state index is 0.0149. The van der Waals surface area contributed by atoms with Gasteiger partial charge in [-0.3, -0.25) is 10.2 Å². The van der Waals surface area contributed by atoms with Crippen molar-refractivity contribution in [2.75, 3.05) is 0 Å². The molecule has 3 aromatic carbocycles. The Morgan fingerprint density at radius 1 is 0.846 bits per heavy atom. The van der Waals surface area contributed by atoms with Crippen LogP contribution in [0, 0.1) is 0 Å². The highest BCUT2D eigenvalue weighted by molar-refractivity contribution is 8.15. The largest absolute Gasteiger partial charge is 0.290 e. The number of thioether (sulfide) groups is 1. The van der Waals surface area contributed by atoms with Crippen molar-refractivity contribution in [1.82, 2.24) is 5.43 Å². The fraction of sp³-hybridized carbons (Fsp3) is 0.0909. The van der Waals surface area contributed by atoms with E-state index in [2.05, 4.69) is 22.7 Å². The molecule has 0 bridgehead atoms. The van der Waals surface area contributed by atoms with Crippen LogP contribution in [0.15, 0.2) is 96.1 Å². The van der Waals surface area contributed by atoms with Gasteiger partial charge in [-0.2, -0.15) is 5.10 Å². The number of rotatable bonds is 5. The molecular formula is C22H18N2OS. The van der Waals surface area contributed by atoms with Gasteiger partial charge in [-0.1, -0.05) is 103 Å². The van der Waals surface area contributed by atoms with Crippen molar-refractivity contribution in [1.29, 1.82) is 0 Å². The van der Waals surface area contributed by atoms with E-state index in [0.717, 1.165) is 10.6 Å². The van der Waals surface area contributed by atoms with Gasteiger partial charge in [0.25, 0.3) is 0 Å². The van der Waals surface area contributed by atoms with Gasteiger partial charge in [0, 0.05) is 12.0 Å². The number of Topliss-reactive ketones (excluding diaryl/α,β-unsaturated/α-hetero) is 1. The molecule has 0 aromatic heterocycles. The predicted molar refractivity (Wildman–Crippen MR) is 107 cm³/mol. The number of hydrogen-bond acceptors (Lipinski definition) is 4. The zero-order chi connectivity index (χ0) is 17.8. The fourth-order valence-corrected chi connectivity index (χ4v) is 4.27. The molecule has 0 saturated heterocycles. The van der Waals surface area contributed by atoms with Crippen molar-refractivity contribution in [2.24, 2.45) is 5.10 Å². The van der Waals surface area contributed by atoms with Gasteiger partial charge in [0.2, 0.25) is 5.78 Å². The first-order chi connectivity index (χ1) is 12.8. The van der Waals surface area contributed by atoms with E-state index in [-0.39, 0.29) is 5.78 Å². The highest BCUT2D eigenvalue weighted by atomic mass is 32.2. The van der Waals surface area contributed by atoms with Crippen molar-refractivity contribution in [3.8, 4) is 0 Å². The standard InChI is InChI=1S/C22H18N2OS/c25-21(18-12-6-2-7-13-18)22(19-14-8-3-9-15-19)24-23-20(26-22)16-17-10-4-1-5-11-17/h1-15,24H,16H2/t22-/m0/s1. The summed E-state index contributed by atoms with van der Waals surface area (Å²) in [4.78, 5) is 12.5. The molecule has 4 heteroatoms. The quantitative estimate of drug-likeness (QED) is 0.677. The third-order valence-electron chi connectivity index (χ3n) is 4.34. The number of carbonyl (C=O) groups excluding carboxylic acids is 1. The van der Waals surface area contributed by atoms with Crippen LogP contribution in [-0.4, -0.2) is 10.8 Å². The number of benzene rings is 3. The summed E-state index contributed by atoms with van der Waals surface area (Å²) in [6.45, 7) is 0. The number of hydrogen-bond donors (Lipinski definition) is 1. The number of carbonyl (C=O) groups is 1. The monoisotopic (exact) mass is 358 g/mol. The van der Waals surface area contributed by atoms with Gasteiger partial charge in [0.05, 0.1) is 0 Å². The molecule has 3 nitrogen and oxygen atoms in total. The lowest BCUT2D eigenvalue weighted by Gasteiger charge is -2.27. The van der Waals surface area contributed by atoms with Crippen LogP contribution in [-0.2, 0) is 11.3 Å². The third kappa shape index (κ3) is 3.16. The summed E-state index contributed by atoms with van der Waals surface area (Å²) in [6, 6.07) is 29.4. The Balaban J connectivity index is 1.67. The van der Waals surface area contributed by atoms with Gasteiger partial charge in [0.15, 0.2) is 4.87 Å².